The molecule has 0 heterocycles. The summed E-state index contributed by atoms with van der Waals surface area (Å²) >= 11 is 0. The van der Waals surface area contributed by atoms with Gasteiger partial charge in [0.25, 0.3) is 0 Å². The summed E-state index contributed by atoms with van der Waals surface area (Å²) in [6.45, 7) is -3.17. The van der Waals surface area contributed by atoms with Gasteiger partial charge in [0.2, 0.25) is 5.91 Å². The van der Waals surface area contributed by atoms with Crippen LogP contribution in [0, 0.1) is 11.6 Å². The Hall–Kier alpha value is -2.61. The van der Waals surface area contributed by atoms with E-state index in [1.807, 2.05) is 0 Å². The third-order valence-electron chi connectivity index (χ3n) is 3.04. The summed E-state index contributed by atoms with van der Waals surface area (Å²) in [6, 6.07) is 8.06. The number of hydrogen-bond donors (Lipinski definition) is 2. The highest BCUT2D eigenvalue weighted by atomic mass is 19.3. The summed E-state index contributed by atoms with van der Waals surface area (Å²) in [4.78, 5) is 11.8. The van der Waals surface area contributed by atoms with Crippen molar-refractivity contribution in [2.24, 2.45) is 0 Å². The number of aliphatic hydroxyl groups is 1. The molecule has 1 atom stereocenters. The Morgan fingerprint density at radius 3 is 2.54 bits per heavy atom. The molecule has 2 aromatic carbocycles. The minimum atomic E-state index is -3.17. The summed E-state index contributed by atoms with van der Waals surface area (Å²) in [6.07, 6.45) is -1.63. The van der Waals surface area contributed by atoms with E-state index in [2.05, 4.69) is 10.1 Å². The first-order valence-corrected chi connectivity index (χ1v) is 6.83. The topological polar surface area (TPSA) is 58.6 Å². The number of rotatable bonds is 6. The number of benzene rings is 2. The minimum absolute atomic E-state index is 0.00515. The lowest BCUT2D eigenvalue weighted by molar-refractivity contribution is -0.118. The molecule has 128 valence electrons. The Morgan fingerprint density at radius 1 is 1.17 bits per heavy atom. The Morgan fingerprint density at radius 2 is 1.92 bits per heavy atom. The second kappa shape index (κ2) is 7.78. The maximum atomic E-state index is 13.5. The lowest BCUT2D eigenvalue weighted by atomic mass is 10.1. The predicted molar refractivity (Wildman–Crippen MR) is 77.6 cm³/mol. The largest absolute Gasteiger partial charge is 0.432 e. The van der Waals surface area contributed by atoms with Gasteiger partial charge < -0.3 is 15.2 Å². The van der Waals surface area contributed by atoms with Crippen LogP contribution in [0.4, 0.5) is 23.2 Å². The molecule has 1 amide bonds. The molecule has 4 nitrogen and oxygen atoms in total. The second-order valence-corrected chi connectivity index (χ2v) is 4.85. The number of alkyl halides is 2. The molecule has 24 heavy (non-hydrogen) atoms. The molecule has 2 rings (SSSR count). The number of hydrogen-bond acceptors (Lipinski definition) is 3. The monoisotopic (exact) mass is 343 g/mol. The Labute approximate surface area is 134 Å². The van der Waals surface area contributed by atoms with Gasteiger partial charge in [-0.25, -0.2) is 8.78 Å². The predicted octanol–water partition coefficient (Wildman–Crippen LogP) is 3.63. The van der Waals surface area contributed by atoms with Crippen LogP contribution in [0.25, 0.3) is 0 Å². The molecule has 8 heteroatoms. The van der Waals surface area contributed by atoms with Crippen LogP contribution in [-0.4, -0.2) is 17.6 Å². The van der Waals surface area contributed by atoms with E-state index in [1.165, 1.54) is 24.3 Å². The summed E-state index contributed by atoms with van der Waals surface area (Å²) in [7, 11) is 0. The van der Waals surface area contributed by atoms with E-state index in [4.69, 9.17) is 0 Å². The van der Waals surface area contributed by atoms with Gasteiger partial charge >= 0.3 is 6.61 Å². The normalized spacial score (nSPS) is 12.1. The molecule has 0 radical (unpaired) electrons. The molecular formula is C16H13F4NO3. The molecule has 0 bridgehead atoms. The van der Waals surface area contributed by atoms with E-state index in [0.717, 1.165) is 18.2 Å². The average Bonchev–Trinajstić information content (AvgIpc) is 2.49. The molecule has 0 spiro atoms. The fourth-order valence-electron chi connectivity index (χ4n) is 1.99. The van der Waals surface area contributed by atoms with Gasteiger partial charge in [0.1, 0.15) is 5.82 Å². The third kappa shape index (κ3) is 4.95. The van der Waals surface area contributed by atoms with Gasteiger partial charge in [-0.15, -0.1) is 0 Å². The van der Waals surface area contributed by atoms with Crippen molar-refractivity contribution >= 4 is 11.6 Å². The van der Waals surface area contributed by atoms with Crippen molar-refractivity contribution < 1.29 is 32.2 Å². The zero-order valence-corrected chi connectivity index (χ0v) is 12.2. The number of carbonyl (C=O) groups excluding carboxylic acids is 1. The highest BCUT2D eigenvalue weighted by Gasteiger charge is 2.15. The molecule has 0 fully saturated rings. The molecule has 2 N–H and O–H groups in total. The molecule has 2 aromatic rings. The first-order chi connectivity index (χ1) is 11.3. The second-order valence-electron chi connectivity index (χ2n) is 4.85. The van der Waals surface area contributed by atoms with E-state index in [9.17, 15) is 27.5 Å². The van der Waals surface area contributed by atoms with Crippen LogP contribution in [0.1, 0.15) is 18.1 Å². The highest BCUT2D eigenvalue weighted by Crippen LogP contribution is 2.24. The van der Waals surface area contributed by atoms with Gasteiger partial charge in [-0.1, -0.05) is 12.1 Å². The molecule has 0 aliphatic heterocycles. The number of halogens is 4. The summed E-state index contributed by atoms with van der Waals surface area (Å²) in [5.74, 6) is -2.93. The SMILES string of the molecule is O=C(CC(O)c1cccc(F)c1)Nc1ccc(OC(F)F)c(F)c1. The molecular weight excluding hydrogens is 330 g/mol. The molecule has 0 aromatic heterocycles. The zero-order valence-electron chi connectivity index (χ0n) is 12.2. The first kappa shape index (κ1) is 17.7. The summed E-state index contributed by atoms with van der Waals surface area (Å²) < 4.78 is 54.6. The number of anilines is 1. The minimum Gasteiger partial charge on any atom is -0.432 e. The smallest absolute Gasteiger partial charge is 0.387 e. The number of carbonyl (C=O) groups is 1. The van der Waals surface area contributed by atoms with Gasteiger partial charge in [-0.3, -0.25) is 4.79 Å². The fraction of sp³-hybridized carbons (Fsp3) is 0.188. The fourth-order valence-corrected chi connectivity index (χ4v) is 1.99. The number of amides is 1. The molecule has 0 saturated carbocycles. The van der Waals surface area contributed by atoms with Crippen molar-refractivity contribution in [1.29, 1.82) is 0 Å². The van der Waals surface area contributed by atoms with Gasteiger partial charge in [0, 0.05) is 11.8 Å². The van der Waals surface area contributed by atoms with Crippen molar-refractivity contribution in [3.63, 3.8) is 0 Å². The van der Waals surface area contributed by atoms with Gasteiger partial charge in [-0.2, -0.15) is 8.78 Å². The molecule has 0 aliphatic carbocycles. The lowest BCUT2D eigenvalue weighted by Crippen LogP contribution is -2.16. The van der Waals surface area contributed by atoms with Gasteiger partial charge in [0.05, 0.1) is 12.5 Å². The van der Waals surface area contributed by atoms with E-state index in [1.54, 1.807) is 0 Å². The first-order valence-electron chi connectivity index (χ1n) is 6.83. The number of ether oxygens (including phenoxy) is 1. The number of nitrogens with one attached hydrogen (secondary N) is 1. The summed E-state index contributed by atoms with van der Waals surface area (Å²) in [5, 5.41) is 12.2. The van der Waals surface area contributed by atoms with E-state index >= 15 is 0 Å². The zero-order chi connectivity index (χ0) is 17.7. The maximum Gasteiger partial charge on any atom is 0.387 e. The van der Waals surface area contributed by atoms with Crippen molar-refractivity contribution in [2.45, 2.75) is 19.1 Å². The van der Waals surface area contributed by atoms with Crippen molar-refractivity contribution in [1.82, 2.24) is 0 Å². The van der Waals surface area contributed by atoms with Crippen molar-refractivity contribution in [3.05, 3.63) is 59.7 Å². The summed E-state index contributed by atoms with van der Waals surface area (Å²) in [5.41, 5.74) is 0.225. The molecule has 0 saturated heterocycles. The molecule has 1 unspecified atom stereocenters. The Kier molecular flexibility index (Phi) is 5.75. The van der Waals surface area contributed by atoms with Crippen LogP contribution in [0.5, 0.6) is 5.75 Å². The quantitative estimate of drug-likeness (QED) is 0.788. The Bertz CT molecular complexity index is 724. The average molecular weight is 343 g/mol. The standard InChI is InChI=1S/C16H13F4NO3/c17-10-3-1-2-9(6-10)13(22)8-15(23)21-11-4-5-14(12(18)7-11)24-16(19)20/h1-7,13,16,22H,8H2,(H,21,23). The maximum absolute atomic E-state index is 13.5. The molecule has 0 aliphatic rings. The van der Waals surface area contributed by atoms with Crippen molar-refractivity contribution in [2.75, 3.05) is 5.32 Å². The van der Waals surface area contributed by atoms with Crippen LogP contribution < -0.4 is 10.1 Å². The van der Waals surface area contributed by atoms with Crippen molar-refractivity contribution in [3.8, 4) is 5.75 Å². The van der Waals surface area contributed by atoms with Gasteiger partial charge in [0.15, 0.2) is 11.6 Å². The van der Waals surface area contributed by atoms with E-state index in [0.29, 0.717) is 0 Å². The van der Waals surface area contributed by atoms with Crippen LogP contribution in [0.2, 0.25) is 0 Å². The van der Waals surface area contributed by atoms with Gasteiger partial charge in [-0.05, 0) is 29.8 Å². The van der Waals surface area contributed by atoms with Crippen LogP contribution in [0.15, 0.2) is 42.5 Å². The van der Waals surface area contributed by atoms with E-state index < -0.39 is 36.0 Å². The Balaban J connectivity index is 1.98. The third-order valence-corrected chi connectivity index (χ3v) is 3.04. The highest BCUT2D eigenvalue weighted by molar-refractivity contribution is 5.91. The van der Waals surface area contributed by atoms with Crippen LogP contribution >= 0.6 is 0 Å². The lowest BCUT2D eigenvalue weighted by Gasteiger charge is -2.12. The van der Waals surface area contributed by atoms with Crippen LogP contribution in [0.3, 0.4) is 0 Å². The van der Waals surface area contributed by atoms with Crippen LogP contribution in [-0.2, 0) is 4.79 Å². The number of aliphatic hydroxyl groups excluding tert-OH is 1. The van der Waals surface area contributed by atoms with E-state index in [-0.39, 0.29) is 17.7 Å².